The monoisotopic (exact) mass is 1100 g/mol. The number of aliphatic hydroxyl groups is 1. The Morgan fingerprint density at radius 2 is 1.39 bits per heavy atom. The van der Waals surface area contributed by atoms with Gasteiger partial charge >= 0.3 is 0 Å². The van der Waals surface area contributed by atoms with Gasteiger partial charge < -0.3 is 41.9 Å². The van der Waals surface area contributed by atoms with E-state index in [2.05, 4.69) is 26.3 Å². The van der Waals surface area contributed by atoms with E-state index >= 15 is 0 Å². The number of likely N-dealkylation sites (tertiary alicyclic amines) is 1. The highest BCUT2D eigenvalue weighted by atomic mass is 32.1. The molecule has 7 N–H and O–H groups in total. The van der Waals surface area contributed by atoms with Crippen molar-refractivity contribution < 1.29 is 43.5 Å². The number of β-amino-alcohol motifs (C(OH)–C–C–N with tert-alkyl or cyclic N) is 1. The van der Waals surface area contributed by atoms with Gasteiger partial charge in [0.25, 0.3) is 0 Å². The van der Waals surface area contributed by atoms with Crippen molar-refractivity contribution in [3.05, 3.63) is 113 Å². The van der Waals surface area contributed by atoms with E-state index in [0.717, 1.165) is 52.1 Å². The number of primary amides is 1. The van der Waals surface area contributed by atoms with Gasteiger partial charge in [-0.25, -0.2) is 4.98 Å². The maximum absolute atomic E-state index is 14.1. The van der Waals surface area contributed by atoms with E-state index in [4.69, 9.17) is 5.73 Å². The lowest BCUT2D eigenvalue weighted by Crippen LogP contribution is -2.57. The largest absolute Gasteiger partial charge is 0.391 e. The second-order valence-electron chi connectivity index (χ2n) is 22.9. The van der Waals surface area contributed by atoms with Gasteiger partial charge in [-0.05, 0) is 86.0 Å². The lowest BCUT2D eigenvalue weighted by atomic mass is 9.83. The van der Waals surface area contributed by atoms with Crippen LogP contribution in [0.5, 0.6) is 0 Å². The first-order valence-electron chi connectivity index (χ1n) is 28.2. The average molecular weight is 1100 g/mol. The summed E-state index contributed by atoms with van der Waals surface area (Å²) < 4.78 is 0. The molecule has 3 fully saturated rings. The van der Waals surface area contributed by atoms with Crippen LogP contribution in [0.3, 0.4) is 0 Å². The number of hydrogen-bond donors (Lipinski definition) is 6. The zero-order chi connectivity index (χ0) is 56.8. The van der Waals surface area contributed by atoms with E-state index in [1.807, 2.05) is 125 Å². The van der Waals surface area contributed by atoms with Gasteiger partial charge in [0, 0.05) is 56.7 Å². The number of unbranched alkanes of at least 4 members (excludes halogenated alkanes) is 4. The second kappa shape index (κ2) is 27.9. The van der Waals surface area contributed by atoms with Crippen LogP contribution in [0.1, 0.15) is 152 Å². The highest BCUT2D eigenvalue weighted by Gasteiger charge is 2.46. The zero-order valence-corrected chi connectivity index (χ0v) is 47.2. The summed E-state index contributed by atoms with van der Waals surface area (Å²) in [6, 6.07) is 22.3. The fraction of sp³-hybridized carbons (Fsp3) is 0.525. The van der Waals surface area contributed by atoms with Crippen LogP contribution in [0.2, 0.25) is 0 Å². The third-order valence-electron chi connectivity index (χ3n) is 15.8. The first kappa shape index (κ1) is 59.9. The zero-order valence-electron chi connectivity index (χ0n) is 46.4. The molecule has 7 rings (SSSR count). The predicted octanol–water partition coefficient (Wildman–Crippen LogP) is 6.98. The summed E-state index contributed by atoms with van der Waals surface area (Å²) in [4.78, 5) is 117. The number of hydrogen-bond acceptors (Lipinski definition) is 11. The van der Waals surface area contributed by atoms with E-state index in [9.17, 15) is 43.5 Å². The summed E-state index contributed by atoms with van der Waals surface area (Å²) in [6.07, 6.45) is 5.83. The number of thiazole rings is 1. The second-order valence-corrected chi connectivity index (χ2v) is 23.8. The summed E-state index contributed by atoms with van der Waals surface area (Å²) in [5, 5.41) is 22.5. The molecule has 17 nitrogen and oxygen atoms in total. The molecule has 424 valence electrons. The molecule has 0 saturated carbocycles. The van der Waals surface area contributed by atoms with Gasteiger partial charge in [0.1, 0.15) is 30.0 Å². The molecule has 79 heavy (non-hydrogen) atoms. The molecule has 3 aliphatic heterocycles. The number of nitrogens with one attached hydrogen (secondary N) is 4. The first-order valence-corrected chi connectivity index (χ1v) is 29.1. The normalized spacial score (nSPS) is 21.1. The number of nitrogens with zero attached hydrogens (tertiary/aromatic N) is 3. The Hall–Kier alpha value is -6.79. The van der Waals surface area contributed by atoms with Crippen molar-refractivity contribution >= 4 is 58.5 Å². The number of rotatable bonds is 24. The van der Waals surface area contributed by atoms with Gasteiger partial charge in [-0.2, -0.15) is 0 Å². The molecule has 3 aromatic carbocycles. The number of amides is 7. The maximum atomic E-state index is 14.1. The number of aryl methyl sites for hydroxylation is 1. The number of benzene rings is 3. The molecule has 4 heterocycles. The Morgan fingerprint density at radius 1 is 0.759 bits per heavy atom. The molecule has 0 bridgehead atoms. The number of carbonyl (C=O) groups is 8. The highest BCUT2D eigenvalue weighted by molar-refractivity contribution is 7.13. The number of nitrogens with two attached hydrogens (primary N) is 1. The van der Waals surface area contributed by atoms with Crippen molar-refractivity contribution in [2.75, 3.05) is 6.54 Å². The van der Waals surface area contributed by atoms with Gasteiger partial charge in [-0.3, -0.25) is 38.4 Å². The molecule has 1 unspecified atom stereocenters. The van der Waals surface area contributed by atoms with Crippen LogP contribution in [0.25, 0.3) is 10.4 Å². The van der Waals surface area contributed by atoms with Crippen molar-refractivity contribution in [1.82, 2.24) is 36.1 Å². The van der Waals surface area contributed by atoms with E-state index in [1.54, 1.807) is 16.2 Å². The van der Waals surface area contributed by atoms with Crippen molar-refractivity contribution in [2.24, 2.45) is 23.0 Å². The average Bonchev–Trinajstić information content (AvgIpc) is 4.27. The van der Waals surface area contributed by atoms with Crippen LogP contribution in [0.4, 0.5) is 0 Å². The molecule has 7 amide bonds. The van der Waals surface area contributed by atoms with Crippen LogP contribution in [0.15, 0.2) is 90.4 Å². The van der Waals surface area contributed by atoms with Crippen LogP contribution >= 0.6 is 11.3 Å². The SMILES string of the molecule is Cc1ncsc1-c1ccc(CNC(=O)[C@@H]2C[C@@H](O)CN2C(=O)[C@@H](NC(=O)CCCCCCCC(=O)C2CC[C@H]3CC[C@@H](C(=O)N[C@@H](CCC(N)=O)C(=O)NC(c4ccccc4)c4ccccc4)N3C(=O)[C@@H](C)C2)C(C)(C)C)cc1. The summed E-state index contributed by atoms with van der Waals surface area (Å²) in [6.45, 7) is 9.59. The Labute approximate surface area is 468 Å². The smallest absolute Gasteiger partial charge is 0.246 e. The summed E-state index contributed by atoms with van der Waals surface area (Å²) >= 11 is 1.57. The van der Waals surface area contributed by atoms with E-state index < -0.39 is 71.3 Å². The van der Waals surface area contributed by atoms with Gasteiger partial charge in [0.2, 0.25) is 41.4 Å². The molecule has 18 heteroatoms. The number of fused-ring (bicyclic) bond motifs is 1. The molecule has 1 aromatic heterocycles. The number of ketones is 1. The number of carbonyl (C=O) groups excluding carboxylic acids is 8. The number of aliphatic hydroxyl groups excluding tert-OH is 1. The van der Waals surface area contributed by atoms with E-state index in [0.29, 0.717) is 51.4 Å². The van der Waals surface area contributed by atoms with Crippen LogP contribution in [-0.2, 0) is 44.9 Å². The lowest BCUT2D eigenvalue weighted by Gasteiger charge is -2.36. The fourth-order valence-electron chi connectivity index (χ4n) is 11.4. The van der Waals surface area contributed by atoms with Crippen LogP contribution in [0, 0.1) is 24.2 Å². The van der Waals surface area contributed by atoms with Crippen molar-refractivity contribution in [1.29, 1.82) is 0 Å². The quantitative estimate of drug-likeness (QED) is 0.0393. The van der Waals surface area contributed by atoms with Crippen molar-refractivity contribution in [2.45, 2.75) is 180 Å². The lowest BCUT2D eigenvalue weighted by molar-refractivity contribution is -0.145. The van der Waals surface area contributed by atoms with Crippen LogP contribution < -0.4 is 27.0 Å². The van der Waals surface area contributed by atoms with Gasteiger partial charge in [-0.15, -0.1) is 11.3 Å². The first-order chi connectivity index (χ1) is 37.8. The Balaban J connectivity index is 0.831. The van der Waals surface area contributed by atoms with Gasteiger partial charge in [0.15, 0.2) is 0 Å². The molecule has 0 aliphatic carbocycles. The molecule has 3 saturated heterocycles. The molecule has 8 atom stereocenters. The fourth-order valence-corrected chi connectivity index (χ4v) is 12.2. The van der Waals surface area contributed by atoms with Crippen molar-refractivity contribution in [3.8, 4) is 10.4 Å². The Kier molecular flexibility index (Phi) is 21.1. The number of Topliss-reactive ketones (excluding diaryl/α,β-unsaturated/α-hetero) is 1. The summed E-state index contributed by atoms with van der Waals surface area (Å²) in [5.74, 6) is -3.44. The van der Waals surface area contributed by atoms with E-state index in [-0.39, 0.29) is 74.2 Å². The van der Waals surface area contributed by atoms with Crippen molar-refractivity contribution in [3.63, 3.8) is 0 Å². The summed E-state index contributed by atoms with van der Waals surface area (Å²) in [5.41, 5.74) is 11.2. The molecule has 4 aromatic rings. The topological polar surface area (TPSA) is 250 Å². The predicted molar refractivity (Wildman–Crippen MR) is 302 cm³/mol. The summed E-state index contributed by atoms with van der Waals surface area (Å²) in [7, 11) is 0. The Morgan fingerprint density at radius 3 is 2.01 bits per heavy atom. The third-order valence-corrected chi connectivity index (χ3v) is 16.8. The minimum absolute atomic E-state index is 0.0117. The third kappa shape index (κ3) is 16.2. The minimum atomic E-state index is -1.09. The highest BCUT2D eigenvalue weighted by Crippen LogP contribution is 2.36. The molecular formula is C61H80N8O9S. The molecular weight excluding hydrogens is 1020 g/mol. The maximum Gasteiger partial charge on any atom is 0.246 e. The molecule has 0 spiro atoms. The minimum Gasteiger partial charge on any atom is -0.391 e. The standard InChI is InChI=1S/C61H80N8O9S/c1-38-33-44(27-28-45-29-31-48(69(45)59(38)77)58(76)65-47(30-32-51(62)72)56(74)67-53(41-17-11-9-12-18-41)42-19-13-10-14-20-42)50(71)21-15-7-6-8-16-22-52(73)66-55(61(3,4)5)60(78)68-36-46(70)34-49(68)57(75)63-35-40-23-25-43(26-24-40)54-39(2)64-37-79-54/h9-14,17-20,23-26,37-38,44-49,53,55,70H,6-8,15-16,21-22,27-36H2,1-5H3,(H2,62,72)(H,63,75)(H,65,76)(H,66,73)(H,67,74)/t38-,44?,45-,46+,47-,48-,49-,55+/m0/s1. The Bertz CT molecular complexity index is 2710. The molecule has 0 radical (unpaired) electrons. The number of aromatic nitrogens is 1. The van der Waals surface area contributed by atoms with E-state index in [1.165, 1.54) is 4.90 Å². The van der Waals surface area contributed by atoms with Gasteiger partial charge in [0.05, 0.1) is 28.2 Å². The molecule has 3 aliphatic rings. The van der Waals surface area contributed by atoms with Crippen LogP contribution in [-0.4, -0.2) is 110 Å². The van der Waals surface area contributed by atoms with Gasteiger partial charge in [-0.1, -0.05) is 132 Å².